The molecule has 0 radical (unpaired) electrons. The van der Waals surface area contributed by atoms with Gasteiger partial charge in [0.05, 0.1) is 6.10 Å². The summed E-state index contributed by atoms with van der Waals surface area (Å²) in [5.74, 6) is -1.29. The number of unbranched alkanes of at least 4 members (excludes halogenated alkanes) is 1. The van der Waals surface area contributed by atoms with Crippen molar-refractivity contribution in [1.82, 2.24) is 5.32 Å². The first-order chi connectivity index (χ1) is 10.0. The molecule has 122 valence electrons. The van der Waals surface area contributed by atoms with Crippen molar-refractivity contribution in [3.63, 3.8) is 0 Å². The Labute approximate surface area is 127 Å². The number of rotatable bonds is 8. The van der Waals surface area contributed by atoms with E-state index < -0.39 is 18.1 Å². The van der Waals surface area contributed by atoms with Crippen LogP contribution in [0.3, 0.4) is 0 Å². The van der Waals surface area contributed by atoms with Gasteiger partial charge in [-0.15, -0.1) is 0 Å². The molecular formula is C16H29NO4. The van der Waals surface area contributed by atoms with E-state index in [2.05, 4.69) is 5.32 Å². The Morgan fingerprint density at radius 2 is 1.86 bits per heavy atom. The first kappa shape index (κ1) is 18.0. The average molecular weight is 299 g/mol. The van der Waals surface area contributed by atoms with E-state index in [9.17, 15) is 9.59 Å². The van der Waals surface area contributed by atoms with Crippen molar-refractivity contribution in [2.45, 2.75) is 89.9 Å². The highest BCUT2D eigenvalue weighted by Crippen LogP contribution is 2.21. The number of aliphatic carboxylic acids is 1. The summed E-state index contributed by atoms with van der Waals surface area (Å²) in [6.45, 7) is 3.71. The second kappa shape index (κ2) is 9.77. The summed E-state index contributed by atoms with van der Waals surface area (Å²) in [6, 6.07) is -0.808. The Morgan fingerprint density at radius 3 is 2.38 bits per heavy atom. The lowest BCUT2D eigenvalue weighted by atomic mass is 10.1. The molecule has 1 rings (SSSR count). The smallest absolute Gasteiger partial charge is 0.326 e. The van der Waals surface area contributed by atoms with Crippen LogP contribution in [0.4, 0.5) is 0 Å². The number of carboxylic acids is 1. The van der Waals surface area contributed by atoms with E-state index in [0.29, 0.717) is 6.42 Å². The van der Waals surface area contributed by atoms with Gasteiger partial charge in [-0.3, -0.25) is 4.79 Å². The van der Waals surface area contributed by atoms with Gasteiger partial charge in [0.15, 0.2) is 0 Å². The van der Waals surface area contributed by atoms with Gasteiger partial charge in [-0.1, -0.05) is 45.4 Å². The molecule has 1 amide bonds. The standard InChI is InChI=1S/C16H29NO4/c1-3-4-11-14(16(19)20)17-15(18)12(2)21-13-9-7-5-6-8-10-13/h12-14H,3-11H2,1-2H3,(H,17,18)(H,19,20)/t12?,14-/m0/s1. The van der Waals surface area contributed by atoms with Gasteiger partial charge in [0.25, 0.3) is 0 Å². The molecule has 2 atom stereocenters. The number of hydrogen-bond donors (Lipinski definition) is 2. The molecular weight excluding hydrogens is 270 g/mol. The van der Waals surface area contributed by atoms with E-state index in [0.717, 1.165) is 38.5 Å². The summed E-state index contributed by atoms with van der Waals surface area (Å²) in [5, 5.41) is 11.7. The van der Waals surface area contributed by atoms with E-state index in [1.807, 2.05) is 6.92 Å². The van der Waals surface area contributed by atoms with Crippen molar-refractivity contribution < 1.29 is 19.4 Å². The van der Waals surface area contributed by atoms with Crippen LogP contribution < -0.4 is 5.32 Å². The van der Waals surface area contributed by atoms with Crippen LogP contribution in [0.1, 0.15) is 71.6 Å². The van der Waals surface area contributed by atoms with Gasteiger partial charge in [0.2, 0.25) is 5.91 Å². The molecule has 0 bridgehead atoms. The van der Waals surface area contributed by atoms with Crippen LogP contribution in [0.15, 0.2) is 0 Å². The molecule has 0 aromatic heterocycles. The van der Waals surface area contributed by atoms with Gasteiger partial charge in [-0.25, -0.2) is 4.79 Å². The molecule has 0 spiro atoms. The minimum atomic E-state index is -0.974. The first-order valence-corrected chi connectivity index (χ1v) is 8.23. The number of carbonyl (C=O) groups excluding carboxylic acids is 1. The van der Waals surface area contributed by atoms with Crippen LogP contribution in [0.25, 0.3) is 0 Å². The highest BCUT2D eigenvalue weighted by molar-refractivity contribution is 5.86. The number of hydrogen-bond acceptors (Lipinski definition) is 3. The third kappa shape index (κ3) is 6.93. The fourth-order valence-electron chi connectivity index (χ4n) is 2.68. The Morgan fingerprint density at radius 1 is 1.24 bits per heavy atom. The second-order valence-corrected chi connectivity index (χ2v) is 5.93. The molecule has 0 aromatic carbocycles. The molecule has 2 N–H and O–H groups in total. The summed E-state index contributed by atoms with van der Waals surface area (Å²) in [4.78, 5) is 23.2. The zero-order chi connectivity index (χ0) is 15.7. The van der Waals surface area contributed by atoms with Crippen LogP contribution in [0.5, 0.6) is 0 Å². The molecule has 1 unspecified atom stereocenters. The van der Waals surface area contributed by atoms with Gasteiger partial charge < -0.3 is 15.2 Å². The lowest BCUT2D eigenvalue weighted by Crippen LogP contribution is -2.46. The molecule has 5 nitrogen and oxygen atoms in total. The van der Waals surface area contributed by atoms with E-state index in [1.165, 1.54) is 12.8 Å². The molecule has 1 saturated carbocycles. The highest BCUT2D eigenvalue weighted by atomic mass is 16.5. The quantitative estimate of drug-likeness (QED) is 0.676. The molecule has 0 aromatic rings. The van der Waals surface area contributed by atoms with Crippen molar-refractivity contribution >= 4 is 11.9 Å². The fourth-order valence-corrected chi connectivity index (χ4v) is 2.68. The number of amides is 1. The Hall–Kier alpha value is -1.10. The lowest BCUT2D eigenvalue weighted by molar-refractivity contribution is -0.145. The predicted octanol–water partition coefficient (Wildman–Crippen LogP) is 2.87. The third-order valence-corrected chi connectivity index (χ3v) is 4.03. The van der Waals surface area contributed by atoms with E-state index in [1.54, 1.807) is 6.92 Å². The molecule has 0 aliphatic heterocycles. The summed E-state index contributed by atoms with van der Waals surface area (Å²) in [6.07, 6.45) is 8.46. The van der Waals surface area contributed by atoms with Gasteiger partial charge in [0.1, 0.15) is 12.1 Å². The van der Waals surface area contributed by atoms with Crippen LogP contribution >= 0.6 is 0 Å². The summed E-state index contributed by atoms with van der Waals surface area (Å²) < 4.78 is 5.81. The van der Waals surface area contributed by atoms with Crippen molar-refractivity contribution in [1.29, 1.82) is 0 Å². The minimum absolute atomic E-state index is 0.132. The molecule has 5 heteroatoms. The van der Waals surface area contributed by atoms with E-state index in [-0.39, 0.29) is 12.0 Å². The molecule has 1 fully saturated rings. The zero-order valence-corrected chi connectivity index (χ0v) is 13.3. The van der Waals surface area contributed by atoms with Crippen molar-refractivity contribution in [3.05, 3.63) is 0 Å². The largest absolute Gasteiger partial charge is 0.480 e. The Balaban J connectivity index is 2.42. The molecule has 1 aliphatic carbocycles. The molecule has 21 heavy (non-hydrogen) atoms. The Bertz CT molecular complexity index is 324. The zero-order valence-electron chi connectivity index (χ0n) is 13.3. The van der Waals surface area contributed by atoms with Gasteiger partial charge in [-0.2, -0.15) is 0 Å². The lowest BCUT2D eigenvalue weighted by Gasteiger charge is -2.22. The normalized spacial score (nSPS) is 19.5. The number of ether oxygens (including phenoxy) is 1. The maximum Gasteiger partial charge on any atom is 0.326 e. The van der Waals surface area contributed by atoms with E-state index >= 15 is 0 Å². The average Bonchev–Trinajstić information content (AvgIpc) is 2.71. The van der Waals surface area contributed by atoms with Crippen LogP contribution in [-0.4, -0.2) is 35.2 Å². The third-order valence-electron chi connectivity index (χ3n) is 4.03. The number of carbonyl (C=O) groups is 2. The SMILES string of the molecule is CCCC[C@H](NC(=O)C(C)OC1CCCCCC1)C(=O)O. The Kier molecular flexibility index (Phi) is 8.35. The van der Waals surface area contributed by atoms with Crippen molar-refractivity contribution in [3.8, 4) is 0 Å². The molecule has 0 heterocycles. The maximum atomic E-state index is 12.1. The summed E-state index contributed by atoms with van der Waals surface area (Å²) >= 11 is 0. The van der Waals surface area contributed by atoms with Gasteiger partial charge >= 0.3 is 5.97 Å². The maximum absolute atomic E-state index is 12.1. The highest BCUT2D eigenvalue weighted by Gasteiger charge is 2.25. The minimum Gasteiger partial charge on any atom is -0.480 e. The molecule has 0 saturated heterocycles. The van der Waals surface area contributed by atoms with Crippen molar-refractivity contribution in [2.24, 2.45) is 0 Å². The second-order valence-electron chi connectivity index (χ2n) is 5.93. The monoisotopic (exact) mass is 299 g/mol. The van der Waals surface area contributed by atoms with Gasteiger partial charge in [-0.05, 0) is 26.2 Å². The predicted molar refractivity (Wildman–Crippen MR) is 81.1 cm³/mol. The van der Waals surface area contributed by atoms with Gasteiger partial charge in [0, 0.05) is 0 Å². The summed E-state index contributed by atoms with van der Waals surface area (Å²) in [7, 11) is 0. The molecule has 1 aliphatic rings. The van der Waals surface area contributed by atoms with Crippen molar-refractivity contribution in [2.75, 3.05) is 0 Å². The summed E-state index contributed by atoms with van der Waals surface area (Å²) in [5.41, 5.74) is 0. The van der Waals surface area contributed by atoms with E-state index in [4.69, 9.17) is 9.84 Å². The van der Waals surface area contributed by atoms with Crippen LogP contribution in [-0.2, 0) is 14.3 Å². The van der Waals surface area contributed by atoms with Crippen LogP contribution in [0, 0.1) is 0 Å². The topological polar surface area (TPSA) is 75.6 Å². The number of nitrogens with one attached hydrogen (secondary N) is 1. The van der Waals surface area contributed by atoms with Crippen LogP contribution in [0.2, 0.25) is 0 Å². The number of carboxylic acid groups (broad SMARTS) is 1. The fraction of sp³-hybridized carbons (Fsp3) is 0.875. The first-order valence-electron chi connectivity index (χ1n) is 8.23.